The van der Waals surface area contributed by atoms with Gasteiger partial charge in [-0.15, -0.1) is 0 Å². The molecule has 0 bridgehead atoms. The number of nitrogens with zero attached hydrogens (tertiary/aromatic N) is 3. The first-order valence-corrected chi connectivity index (χ1v) is 9.61. The molecule has 5 nitrogen and oxygen atoms in total. The monoisotopic (exact) mass is 403 g/mol. The molecule has 1 fully saturated rings. The van der Waals surface area contributed by atoms with Gasteiger partial charge in [-0.05, 0) is 48.0 Å². The average Bonchev–Trinajstić information content (AvgIpc) is 3.29. The van der Waals surface area contributed by atoms with E-state index in [-0.39, 0.29) is 5.91 Å². The van der Waals surface area contributed by atoms with Crippen LogP contribution < -0.4 is 0 Å². The number of thiocarbonyl (C=S) groups is 1. The second-order valence-electron chi connectivity index (χ2n) is 6.02. The van der Waals surface area contributed by atoms with E-state index in [0.717, 1.165) is 11.1 Å². The normalized spacial score (nSPS) is 15.2. The van der Waals surface area contributed by atoms with Crippen molar-refractivity contribution in [2.75, 3.05) is 0 Å². The molecular weight excluding hydrogens is 390 g/mol. The van der Waals surface area contributed by atoms with E-state index in [4.69, 9.17) is 21.9 Å². The first-order chi connectivity index (χ1) is 13.6. The van der Waals surface area contributed by atoms with E-state index >= 15 is 0 Å². The third-order valence-corrected chi connectivity index (χ3v) is 5.51. The Hall–Kier alpha value is -3.21. The Morgan fingerprint density at radius 3 is 2.75 bits per heavy atom. The van der Waals surface area contributed by atoms with Gasteiger partial charge in [-0.3, -0.25) is 14.7 Å². The maximum absolute atomic E-state index is 12.7. The number of benzene rings is 1. The molecule has 0 unspecified atom stereocenters. The van der Waals surface area contributed by atoms with Crippen molar-refractivity contribution >= 4 is 40.3 Å². The van der Waals surface area contributed by atoms with Crippen LogP contribution in [0, 0.1) is 11.3 Å². The molecule has 7 heteroatoms. The molecular formula is C21H13N3O2S2. The summed E-state index contributed by atoms with van der Waals surface area (Å²) < 4.78 is 6.36. The van der Waals surface area contributed by atoms with E-state index in [1.807, 2.05) is 30.3 Å². The Bertz CT molecular complexity index is 1110. The highest BCUT2D eigenvalue weighted by Gasteiger charge is 2.32. The fraction of sp³-hybridized carbons (Fsp3) is 0.0476. The Labute approximate surface area is 171 Å². The van der Waals surface area contributed by atoms with Crippen molar-refractivity contribution in [2.45, 2.75) is 6.54 Å². The van der Waals surface area contributed by atoms with Crippen LogP contribution in [0.4, 0.5) is 0 Å². The molecule has 1 aliphatic rings. The summed E-state index contributed by atoms with van der Waals surface area (Å²) in [4.78, 5) is 18.9. The second kappa shape index (κ2) is 7.80. The molecule has 3 heterocycles. The van der Waals surface area contributed by atoms with Crippen molar-refractivity contribution in [1.82, 2.24) is 9.88 Å². The Morgan fingerprint density at radius 2 is 2.04 bits per heavy atom. The number of thioether (sulfide) groups is 1. The molecule has 1 aliphatic heterocycles. The highest BCUT2D eigenvalue weighted by Crippen LogP contribution is 2.34. The fourth-order valence-corrected chi connectivity index (χ4v) is 3.97. The minimum Gasteiger partial charge on any atom is -0.457 e. The molecule has 2 aromatic heterocycles. The van der Waals surface area contributed by atoms with E-state index < -0.39 is 0 Å². The molecule has 1 aromatic carbocycles. The first kappa shape index (κ1) is 18.2. The summed E-state index contributed by atoms with van der Waals surface area (Å²) in [6.45, 7) is 0.393. The van der Waals surface area contributed by atoms with E-state index in [1.165, 1.54) is 11.8 Å². The molecule has 3 aromatic rings. The van der Waals surface area contributed by atoms with E-state index in [2.05, 4.69) is 11.1 Å². The van der Waals surface area contributed by atoms with Gasteiger partial charge < -0.3 is 4.42 Å². The van der Waals surface area contributed by atoms with Crippen molar-refractivity contribution in [2.24, 2.45) is 0 Å². The van der Waals surface area contributed by atoms with Crippen LogP contribution >= 0.6 is 24.0 Å². The third-order valence-electron chi connectivity index (χ3n) is 4.14. The van der Waals surface area contributed by atoms with Gasteiger partial charge in [0.05, 0.1) is 23.1 Å². The fourth-order valence-electron chi connectivity index (χ4n) is 2.73. The van der Waals surface area contributed by atoms with Gasteiger partial charge in [0.1, 0.15) is 15.8 Å². The molecule has 0 atom stereocenters. The smallest absolute Gasteiger partial charge is 0.266 e. The second-order valence-corrected chi connectivity index (χ2v) is 7.70. The quantitative estimate of drug-likeness (QED) is 0.468. The maximum atomic E-state index is 12.7. The van der Waals surface area contributed by atoms with Crippen molar-refractivity contribution < 1.29 is 9.21 Å². The zero-order valence-corrected chi connectivity index (χ0v) is 16.2. The van der Waals surface area contributed by atoms with Gasteiger partial charge in [0.25, 0.3) is 5.91 Å². The van der Waals surface area contributed by atoms with Crippen molar-refractivity contribution in [3.8, 4) is 17.4 Å². The minimum absolute atomic E-state index is 0.143. The lowest BCUT2D eigenvalue weighted by molar-refractivity contribution is -0.122. The van der Waals surface area contributed by atoms with E-state index in [9.17, 15) is 4.79 Å². The van der Waals surface area contributed by atoms with Crippen LogP contribution in [0.2, 0.25) is 0 Å². The van der Waals surface area contributed by atoms with Crippen molar-refractivity contribution in [3.63, 3.8) is 0 Å². The number of nitriles is 1. The predicted molar refractivity (Wildman–Crippen MR) is 112 cm³/mol. The number of hydrogen-bond acceptors (Lipinski definition) is 6. The topological polar surface area (TPSA) is 70.1 Å². The lowest BCUT2D eigenvalue weighted by Crippen LogP contribution is -2.27. The largest absolute Gasteiger partial charge is 0.457 e. The van der Waals surface area contributed by atoms with Gasteiger partial charge in [-0.2, -0.15) is 5.26 Å². The molecule has 28 heavy (non-hydrogen) atoms. The number of pyridine rings is 1. The number of furan rings is 1. The van der Waals surface area contributed by atoms with Crippen LogP contribution in [0.15, 0.2) is 70.2 Å². The van der Waals surface area contributed by atoms with Gasteiger partial charge in [-0.1, -0.05) is 30.0 Å². The van der Waals surface area contributed by atoms with Crippen LogP contribution in [-0.2, 0) is 11.3 Å². The molecule has 0 N–H and O–H groups in total. The summed E-state index contributed by atoms with van der Waals surface area (Å²) in [6.07, 6.45) is 5.12. The molecule has 4 rings (SSSR count). The SMILES string of the molecule is N#Cc1ccc(-c2ccc(/C=C3/SC(=S)N(Cc4cccnc4)C3=O)o2)cc1. The van der Waals surface area contributed by atoms with Gasteiger partial charge >= 0.3 is 0 Å². The summed E-state index contributed by atoms with van der Waals surface area (Å²) in [7, 11) is 0. The van der Waals surface area contributed by atoms with E-state index in [0.29, 0.717) is 32.9 Å². The van der Waals surface area contributed by atoms with Crippen molar-refractivity contribution in [1.29, 1.82) is 5.26 Å². The molecule has 1 saturated heterocycles. The zero-order valence-electron chi connectivity index (χ0n) is 14.5. The molecule has 0 saturated carbocycles. The van der Waals surface area contributed by atoms with Gasteiger partial charge in [0, 0.05) is 24.0 Å². The minimum atomic E-state index is -0.143. The van der Waals surface area contributed by atoms with Gasteiger partial charge in [-0.25, -0.2) is 0 Å². The lowest BCUT2D eigenvalue weighted by atomic mass is 10.1. The highest BCUT2D eigenvalue weighted by molar-refractivity contribution is 8.26. The lowest BCUT2D eigenvalue weighted by Gasteiger charge is -2.13. The van der Waals surface area contributed by atoms with Gasteiger partial charge in [0.15, 0.2) is 0 Å². The third kappa shape index (κ3) is 3.74. The Balaban J connectivity index is 1.53. The highest BCUT2D eigenvalue weighted by atomic mass is 32.2. The first-order valence-electron chi connectivity index (χ1n) is 8.39. The number of aromatic nitrogens is 1. The number of hydrogen-bond donors (Lipinski definition) is 0. The van der Waals surface area contributed by atoms with Crippen LogP contribution in [0.5, 0.6) is 0 Å². The Morgan fingerprint density at radius 1 is 1.21 bits per heavy atom. The van der Waals surface area contributed by atoms with Crippen LogP contribution in [0.3, 0.4) is 0 Å². The van der Waals surface area contributed by atoms with Crippen LogP contribution in [0.1, 0.15) is 16.9 Å². The summed E-state index contributed by atoms with van der Waals surface area (Å²) in [6, 6.07) is 16.6. The molecule has 1 amide bonds. The van der Waals surface area contributed by atoms with E-state index in [1.54, 1.807) is 41.6 Å². The number of amides is 1. The summed E-state index contributed by atoms with van der Waals surface area (Å²) in [5, 5.41) is 8.89. The number of carbonyl (C=O) groups is 1. The summed E-state index contributed by atoms with van der Waals surface area (Å²) in [5.74, 6) is 1.10. The van der Waals surface area contributed by atoms with Gasteiger partial charge in [0.2, 0.25) is 0 Å². The standard InChI is InChI=1S/C21H13N3O2S2/c22-11-14-3-5-16(6-4-14)18-8-7-17(26-18)10-19-20(25)24(21(27)28-19)13-15-2-1-9-23-12-15/h1-10,12H,13H2/b19-10+. The molecule has 0 spiro atoms. The van der Waals surface area contributed by atoms with Crippen LogP contribution in [0.25, 0.3) is 17.4 Å². The average molecular weight is 403 g/mol. The summed E-state index contributed by atoms with van der Waals surface area (Å²) >= 11 is 6.62. The molecule has 0 radical (unpaired) electrons. The van der Waals surface area contributed by atoms with Crippen molar-refractivity contribution in [3.05, 3.63) is 82.7 Å². The maximum Gasteiger partial charge on any atom is 0.266 e. The molecule has 136 valence electrons. The number of rotatable bonds is 4. The number of carbonyl (C=O) groups excluding carboxylic acids is 1. The van der Waals surface area contributed by atoms with Crippen LogP contribution in [-0.4, -0.2) is 20.1 Å². The zero-order chi connectivity index (χ0) is 19.5. The Kier molecular flexibility index (Phi) is 5.06. The summed E-state index contributed by atoms with van der Waals surface area (Å²) in [5.41, 5.74) is 2.37. The predicted octanol–water partition coefficient (Wildman–Crippen LogP) is 4.61. The molecule has 0 aliphatic carbocycles.